The summed E-state index contributed by atoms with van der Waals surface area (Å²) >= 11 is 0. The molecular formula is C9H19O3P. The maximum atomic E-state index is 11.6. The van der Waals surface area contributed by atoms with E-state index in [4.69, 9.17) is 4.52 Å². The molecule has 3 nitrogen and oxygen atoms in total. The van der Waals surface area contributed by atoms with Crippen LogP contribution in [0.5, 0.6) is 0 Å². The highest BCUT2D eigenvalue weighted by atomic mass is 31.2. The van der Waals surface area contributed by atoms with Gasteiger partial charge in [-0.15, -0.1) is 0 Å². The number of carbonyl (C=O) groups excluding carboxylic acids is 1. The second kappa shape index (κ2) is 7.28. The lowest BCUT2D eigenvalue weighted by Gasteiger charge is -2.11. The van der Waals surface area contributed by atoms with Gasteiger partial charge in [-0.25, -0.2) is 0 Å². The Labute approximate surface area is 80.3 Å². The minimum Gasteiger partial charge on any atom is -0.329 e. The van der Waals surface area contributed by atoms with Crippen LogP contribution in [0.4, 0.5) is 0 Å². The van der Waals surface area contributed by atoms with Crippen LogP contribution in [0, 0.1) is 0 Å². The SMILES string of the molecule is CCCCCOP(C)(=O)CCC=O. The molecular weight excluding hydrogens is 187 g/mol. The van der Waals surface area contributed by atoms with Crippen LogP contribution in [-0.2, 0) is 13.9 Å². The summed E-state index contributed by atoms with van der Waals surface area (Å²) in [5.74, 6) is 0. The Hall–Kier alpha value is -0.140. The topological polar surface area (TPSA) is 43.4 Å². The van der Waals surface area contributed by atoms with E-state index in [1.54, 1.807) is 6.66 Å². The first-order chi connectivity index (χ1) is 6.12. The summed E-state index contributed by atoms with van der Waals surface area (Å²) in [7, 11) is -2.48. The van der Waals surface area contributed by atoms with Crippen molar-refractivity contribution in [1.29, 1.82) is 0 Å². The highest BCUT2D eigenvalue weighted by molar-refractivity contribution is 7.58. The molecule has 78 valence electrons. The molecule has 0 aliphatic heterocycles. The van der Waals surface area contributed by atoms with Gasteiger partial charge in [0.1, 0.15) is 6.29 Å². The summed E-state index contributed by atoms with van der Waals surface area (Å²) in [6, 6.07) is 0. The van der Waals surface area contributed by atoms with Crippen molar-refractivity contribution in [3.63, 3.8) is 0 Å². The molecule has 1 atom stereocenters. The van der Waals surface area contributed by atoms with Crippen molar-refractivity contribution >= 4 is 13.7 Å². The van der Waals surface area contributed by atoms with Gasteiger partial charge < -0.3 is 9.32 Å². The zero-order valence-electron chi connectivity index (χ0n) is 8.49. The summed E-state index contributed by atoms with van der Waals surface area (Å²) in [4.78, 5) is 10.1. The van der Waals surface area contributed by atoms with Crippen LogP contribution in [0.25, 0.3) is 0 Å². The van der Waals surface area contributed by atoms with Crippen molar-refractivity contribution in [2.75, 3.05) is 19.4 Å². The highest BCUT2D eigenvalue weighted by Gasteiger charge is 2.14. The Kier molecular flexibility index (Phi) is 7.20. The van der Waals surface area contributed by atoms with Crippen molar-refractivity contribution in [2.24, 2.45) is 0 Å². The molecule has 0 rings (SSSR count). The fraction of sp³-hybridized carbons (Fsp3) is 0.889. The molecule has 0 saturated heterocycles. The van der Waals surface area contributed by atoms with E-state index in [1.165, 1.54) is 0 Å². The molecule has 0 spiro atoms. The first-order valence-electron chi connectivity index (χ1n) is 4.77. The first kappa shape index (κ1) is 12.9. The number of hydrogen-bond donors (Lipinski definition) is 0. The number of carbonyl (C=O) groups is 1. The van der Waals surface area contributed by atoms with E-state index in [-0.39, 0.29) is 0 Å². The van der Waals surface area contributed by atoms with Gasteiger partial charge in [-0.05, 0) is 6.42 Å². The van der Waals surface area contributed by atoms with Crippen LogP contribution in [-0.4, -0.2) is 25.7 Å². The lowest BCUT2D eigenvalue weighted by molar-refractivity contribution is -0.107. The predicted octanol–water partition coefficient (Wildman–Crippen LogP) is 2.69. The average Bonchev–Trinajstić information content (AvgIpc) is 2.09. The molecule has 0 heterocycles. The zero-order valence-corrected chi connectivity index (χ0v) is 9.39. The van der Waals surface area contributed by atoms with Crippen molar-refractivity contribution < 1.29 is 13.9 Å². The van der Waals surface area contributed by atoms with Crippen LogP contribution < -0.4 is 0 Å². The minimum absolute atomic E-state index is 0.335. The van der Waals surface area contributed by atoms with Gasteiger partial charge in [-0.3, -0.25) is 4.57 Å². The summed E-state index contributed by atoms with van der Waals surface area (Å²) in [5.41, 5.74) is 0. The number of unbranched alkanes of at least 4 members (excludes halogenated alkanes) is 2. The third-order valence-corrected chi connectivity index (χ3v) is 3.56. The third kappa shape index (κ3) is 8.20. The normalized spacial score (nSPS) is 15.2. The summed E-state index contributed by atoms with van der Waals surface area (Å²) in [6.07, 6.45) is 4.69. The Balaban J connectivity index is 3.50. The van der Waals surface area contributed by atoms with Crippen molar-refractivity contribution in [3.8, 4) is 0 Å². The average molecular weight is 206 g/mol. The van der Waals surface area contributed by atoms with Crippen molar-refractivity contribution in [3.05, 3.63) is 0 Å². The van der Waals surface area contributed by atoms with E-state index in [9.17, 15) is 9.36 Å². The molecule has 0 saturated carbocycles. The molecule has 0 aromatic carbocycles. The standard InChI is InChI=1S/C9H19O3P/c1-3-4-5-8-12-13(2,11)9-6-7-10/h7H,3-6,8-9H2,1-2H3. The van der Waals surface area contributed by atoms with E-state index in [0.29, 0.717) is 19.2 Å². The molecule has 0 N–H and O–H groups in total. The van der Waals surface area contributed by atoms with E-state index < -0.39 is 7.37 Å². The molecule has 13 heavy (non-hydrogen) atoms. The summed E-state index contributed by atoms with van der Waals surface area (Å²) in [5, 5.41) is 0. The van der Waals surface area contributed by atoms with Crippen LogP contribution in [0.1, 0.15) is 32.6 Å². The first-order valence-corrected chi connectivity index (χ1v) is 7.03. The van der Waals surface area contributed by atoms with Gasteiger partial charge in [0.05, 0.1) is 6.61 Å². The smallest absolute Gasteiger partial charge is 0.200 e. The van der Waals surface area contributed by atoms with Gasteiger partial charge in [0.15, 0.2) is 0 Å². The number of aldehydes is 1. The summed E-state index contributed by atoms with van der Waals surface area (Å²) in [6.45, 7) is 4.26. The van der Waals surface area contributed by atoms with E-state index in [2.05, 4.69) is 6.92 Å². The van der Waals surface area contributed by atoms with Crippen molar-refractivity contribution in [2.45, 2.75) is 32.6 Å². The Morgan fingerprint density at radius 1 is 1.38 bits per heavy atom. The van der Waals surface area contributed by atoms with E-state index in [0.717, 1.165) is 25.5 Å². The Morgan fingerprint density at radius 3 is 2.62 bits per heavy atom. The molecule has 0 bridgehead atoms. The van der Waals surface area contributed by atoms with E-state index >= 15 is 0 Å². The molecule has 0 aliphatic rings. The van der Waals surface area contributed by atoms with Crippen LogP contribution in [0.3, 0.4) is 0 Å². The largest absolute Gasteiger partial charge is 0.329 e. The van der Waals surface area contributed by atoms with Crippen LogP contribution >= 0.6 is 7.37 Å². The molecule has 0 aromatic heterocycles. The molecule has 0 fully saturated rings. The maximum Gasteiger partial charge on any atom is 0.200 e. The molecule has 4 heteroatoms. The van der Waals surface area contributed by atoms with E-state index in [1.807, 2.05) is 0 Å². The van der Waals surface area contributed by atoms with Crippen LogP contribution in [0.15, 0.2) is 0 Å². The van der Waals surface area contributed by atoms with Gasteiger partial charge in [0, 0.05) is 19.2 Å². The maximum absolute atomic E-state index is 11.6. The third-order valence-electron chi connectivity index (χ3n) is 1.77. The van der Waals surface area contributed by atoms with Gasteiger partial charge >= 0.3 is 0 Å². The second-order valence-electron chi connectivity index (χ2n) is 3.23. The second-order valence-corrected chi connectivity index (χ2v) is 5.97. The van der Waals surface area contributed by atoms with Gasteiger partial charge in [-0.1, -0.05) is 19.8 Å². The lowest BCUT2D eigenvalue weighted by atomic mass is 10.3. The minimum atomic E-state index is -2.48. The molecule has 0 amide bonds. The number of hydrogen-bond acceptors (Lipinski definition) is 3. The van der Waals surface area contributed by atoms with Gasteiger partial charge in [0.25, 0.3) is 0 Å². The quantitative estimate of drug-likeness (QED) is 0.348. The van der Waals surface area contributed by atoms with Gasteiger partial charge in [-0.2, -0.15) is 0 Å². The Bertz CT molecular complexity index is 180. The monoisotopic (exact) mass is 206 g/mol. The molecule has 0 radical (unpaired) electrons. The number of rotatable bonds is 8. The summed E-state index contributed by atoms with van der Waals surface area (Å²) < 4.78 is 16.8. The predicted molar refractivity (Wildman–Crippen MR) is 54.6 cm³/mol. The fourth-order valence-corrected chi connectivity index (χ4v) is 2.18. The Morgan fingerprint density at radius 2 is 2.08 bits per heavy atom. The highest BCUT2D eigenvalue weighted by Crippen LogP contribution is 2.42. The lowest BCUT2D eigenvalue weighted by Crippen LogP contribution is -1.97. The van der Waals surface area contributed by atoms with Crippen molar-refractivity contribution in [1.82, 2.24) is 0 Å². The molecule has 1 unspecified atom stereocenters. The fourth-order valence-electron chi connectivity index (χ4n) is 0.961. The van der Waals surface area contributed by atoms with Crippen LogP contribution in [0.2, 0.25) is 0 Å². The molecule has 0 aromatic rings. The van der Waals surface area contributed by atoms with Gasteiger partial charge in [0.2, 0.25) is 7.37 Å². The molecule has 0 aliphatic carbocycles. The zero-order chi connectivity index (χ0) is 10.2.